The Morgan fingerprint density at radius 2 is 1.52 bits per heavy atom. The van der Waals surface area contributed by atoms with Gasteiger partial charge in [0.25, 0.3) is 0 Å². The van der Waals surface area contributed by atoms with Crippen molar-refractivity contribution in [2.24, 2.45) is 5.92 Å². The van der Waals surface area contributed by atoms with Crippen molar-refractivity contribution in [3.05, 3.63) is 89.3 Å². The van der Waals surface area contributed by atoms with Gasteiger partial charge in [-0.1, -0.05) is 37.6 Å². The zero-order chi connectivity index (χ0) is 47.4. The van der Waals surface area contributed by atoms with E-state index in [0.717, 1.165) is 4.57 Å². The van der Waals surface area contributed by atoms with Gasteiger partial charge in [-0.3, -0.25) is 14.4 Å². The number of nitrogens with one attached hydrogen (secondary N) is 3. The van der Waals surface area contributed by atoms with Crippen molar-refractivity contribution in [3.63, 3.8) is 0 Å². The van der Waals surface area contributed by atoms with Gasteiger partial charge in [-0.2, -0.15) is 4.68 Å². The summed E-state index contributed by atoms with van der Waals surface area (Å²) in [6.45, 7) is 13.9. The average molecular weight is 913 g/mol. The zero-order valence-electron chi connectivity index (χ0n) is 37.4. The van der Waals surface area contributed by atoms with E-state index in [-0.39, 0.29) is 49.1 Å². The van der Waals surface area contributed by atoms with Crippen LogP contribution in [0.15, 0.2) is 73.1 Å². The normalized spacial score (nSPS) is 14.3. The van der Waals surface area contributed by atoms with Gasteiger partial charge in [-0.15, -0.1) is 5.10 Å². The fourth-order valence-corrected chi connectivity index (χ4v) is 7.42. The monoisotopic (exact) mass is 912 g/mol. The summed E-state index contributed by atoms with van der Waals surface area (Å²) in [4.78, 5) is 84.9. The Hall–Kier alpha value is -6.86. The average Bonchev–Trinajstić information content (AvgIpc) is 3.89. The second-order valence-corrected chi connectivity index (χ2v) is 18.4. The van der Waals surface area contributed by atoms with E-state index in [1.54, 1.807) is 90.1 Å². The number of anilines is 3. The van der Waals surface area contributed by atoms with Gasteiger partial charge >= 0.3 is 29.9 Å². The molecule has 19 nitrogen and oxygen atoms in total. The Morgan fingerprint density at radius 1 is 0.831 bits per heavy atom. The van der Waals surface area contributed by atoms with Gasteiger partial charge in [0.15, 0.2) is 0 Å². The molecule has 0 bridgehead atoms. The topological polar surface area (TPSA) is 232 Å². The first-order chi connectivity index (χ1) is 30.6. The lowest BCUT2D eigenvalue weighted by molar-refractivity contribution is -0.149. The van der Waals surface area contributed by atoms with E-state index in [1.165, 1.54) is 39.0 Å². The van der Waals surface area contributed by atoms with Crippen LogP contribution in [0.25, 0.3) is 16.6 Å². The van der Waals surface area contributed by atoms with Crippen molar-refractivity contribution in [1.29, 1.82) is 0 Å². The number of esters is 1. The number of piperazine rings is 1. The summed E-state index contributed by atoms with van der Waals surface area (Å²) >= 11 is 6.35. The molecule has 0 spiro atoms. The Labute approximate surface area is 380 Å². The molecule has 0 saturated carbocycles. The first kappa shape index (κ1) is 47.6. The lowest BCUT2D eigenvalue weighted by atomic mass is 10.0. The highest BCUT2D eigenvalue weighted by molar-refractivity contribution is 6.41. The van der Waals surface area contributed by atoms with Crippen LogP contribution in [-0.4, -0.2) is 114 Å². The van der Waals surface area contributed by atoms with E-state index in [9.17, 15) is 33.9 Å². The first-order valence-corrected chi connectivity index (χ1v) is 21.3. The van der Waals surface area contributed by atoms with Crippen molar-refractivity contribution in [3.8, 4) is 5.69 Å². The van der Waals surface area contributed by atoms with Gasteiger partial charge < -0.3 is 40.3 Å². The summed E-state index contributed by atoms with van der Waals surface area (Å²) in [6.07, 6.45) is 1.06. The quantitative estimate of drug-likeness (QED) is 0.0792. The maximum atomic E-state index is 14.5. The number of hydrogen-bond donors (Lipinski definition) is 4. The summed E-state index contributed by atoms with van der Waals surface area (Å²) in [5.41, 5.74) is 0.415. The number of carbonyl (C=O) groups is 6. The first-order valence-electron chi connectivity index (χ1n) is 21.0. The van der Waals surface area contributed by atoms with Crippen molar-refractivity contribution in [2.45, 2.75) is 91.5 Å². The Morgan fingerprint density at radius 3 is 2.15 bits per heavy atom. The lowest BCUT2D eigenvalue weighted by Gasteiger charge is -2.38. The second-order valence-electron chi connectivity index (χ2n) is 18.0. The third-order valence-corrected chi connectivity index (χ3v) is 10.2. The number of benzene rings is 3. The third-order valence-electron chi connectivity index (χ3n) is 9.96. The van der Waals surface area contributed by atoms with Crippen molar-refractivity contribution in [2.75, 3.05) is 35.2 Å². The van der Waals surface area contributed by atoms with Crippen LogP contribution >= 0.6 is 11.6 Å². The Kier molecular flexibility index (Phi) is 14.3. The minimum atomic E-state index is -1.24. The number of rotatable bonds is 13. The molecule has 6 rings (SSSR count). The standard InChI is InChI=1S/C45H53ClN10O9/c1-26(2)19-32(24-57)50-42(62)49-30-12-9-27(10-13-30)20-36(54-18-17-53(39(59)40(54)60)35-23-29(46)11-15-34(35)55-25-47-51-52-55)38(58)48-31-14-16-33-28(21-31)22-37(41(61)64-44(3,4)5)56(33)43(63)65-45(6,7)8/h9-16,21-23,25-26,32,36,57H,17-20,24H2,1-8H3,(H,48,58)(H2,49,50,62)/t32-,36-/m0/s1. The number of ether oxygens (including phenoxy) is 2. The molecule has 20 heteroatoms. The number of aromatic nitrogens is 5. The van der Waals surface area contributed by atoms with E-state index in [0.29, 0.717) is 39.3 Å². The highest BCUT2D eigenvalue weighted by Gasteiger charge is 2.41. The second kappa shape index (κ2) is 19.5. The Balaban J connectivity index is 1.30. The van der Waals surface area contributed by atoms with Crippen molar-refractivity contribution in [1.82, 2.24) is 35.0 Å². The minimum Gasteiger partial charge on any atom is -0.455 e. The van der Waals surface area contributed by atoms with Crippen LogP contribution in [0.4, 0.5) is 26.7 Å². The third kappa shape index (κ3) is 11.8. The number of aliphatic hydroxyl groups excluding tert-OH is 1. The van der Waals surface area contributed by atoms with Crippen molar-refractivity contribution >= 4 is 75.4 Å². The number of halogens is 1. The summed E-state index contributed by atoms with van der Waals surface area (Å²) in [5.74, 6) is -3.04. The highest BCUT2D eigenvalue weighted by Crippen LogP contribution is 2.31. The number of amides is 5. The molecule has 344 valence electrons. The minimum absolute atomic E-state index is 0.0228. The molecule has 3 heterocycles. The van der Waals surface area contributed by atoms with E-state index in [1.807, 2.05) is 13.8 Å². The largest absolute Gasteiger partial charge is 0.455 e. The summed E-state index contributed by atoms with van der Waals surface area (Å²) in [7, 11) is 0. The predicted molar refractivity (Wildman–Crippen MR) is 242 cm³/mol. The number of aliphatic hydroxyl groups is 1. The summed E-state index contributed by atoms with van der Waals surface area (Å²) in [5, 5.41) is 30.1. The molecular weight excluding hydrogens is 860 g/mol. The zero-order valence-corrected chi connectivity index (χ0v) is 38.2. The fraction of sp³-hybridized carbons (Fsp3) is 0.400. The molecule has 2 atom stereocenters. The molecule has 4 N–H and O–H groups in total. The molecule has 1 fully saturated rings. The fourth-order valence-electron chi connectivity index (χ4n) is 7.25. The molecule has 1 aliphatic rings. The molecule has 0 aliphatic carbocycles. The lowest BCUT2D eigenvalue weighted by Crippen LogP contribution is -2.60. The van der Waals surface area contributed by atoms with E-state index in [2.05, 4.69) is 31.5 Å². The maximum absolute atomic E-state index is 14.5. The van der Waals surface area contributed by atoms with E-state index < -0.39 is 59.1 Å². The molecule has 0 radical (unpaired) electrons. The van der Waals surface area contributed by atoms with Crippen LogP contribution in [-0.2, 0) is 30.3 Å². The number of tetrazole rings is 1. The van der Waals surface area contributed by atoms with Gasteiger partial charge in [0.1, 0.15) is 29.3 Å². The van der Waals surface area contributed by atoms with Gasteiger partial charge in [-0.25, -0.2) is 19.0 Å². The molecule has 5 amide bonds. The molecular formula is C45H53ClN10O9. The van der Waals surface area contributed by atoms with Crippen LogP contribution in [0.1, 0.15) is 77.9 Å². The summed E-state index contributed by atoms with van der Waals surface area (Å²) < 4.78 is 13.7. The smallest absolute Gasteiger partial charge is 0.419 e. The maximum Gasteiger partial charge on any atom is 0.419 e. The molecule has 1 aliphatic heterocycles. The molecule has 1 saturated heterocycles. The number of carbonyl (C=O) groups excluding carboxylic acids is 6. The molecule has 0 unspecified atom stereocenters. The van der Waals surface area contributed by atoms with Crippen LogP contribution in [0.3, 0.4) is 0 Å². The van der Waals surface area contributed by atoms with Gasteiger partial charge in [0.2, 0.25) is 5.91 Å². The van der Waals surface area contributed by atoms with Gasteiger partial charge in [-0.05, 0) is 124 Å². The van der Waals surface area contributed by atoms with Gasteiger partial charge in [0.05, 0.1) is 29.5 Å². The van der Waals surface area contributed by atoms with Crippen LogP contribution < -0.4 is 20.9 Å². The molecule has 5 aromatic rings. The SMILES string of the molecule is CC(C)C[C@@H](CO)NC(=O)Nc1ccc(C[C@@H](C(=O)Nc2ccc3c(c2)cc(C(=O)OC(C)(C)C)n3C(=O)OC(C)(C)C)N2CCN(c3cc(Cl)ccc3-n3cnnn3)C(=O)C2=O)cc1. The number of hydrogen-bond acceptors (Lipinski definition) is 12. The number of nitrogens with zero attached hydrogens (tertiary/aromatic N) is 7. The molecule has 2 aromatic heterocycles. The van der Waals surface area contributed by atoms with Crippen LogP contribution in [0, 0.1) is 5.92 Å². The molecule has 65 heavy (non-hydrogen) atoms. The number of urea groups is 1. The Bertz CT molecular complexity index is 2580. The van der Waals surface area contributed by atoms with Crippen LogP contribution in [0.5, 0.6) is 0 Å². The number of fused-ring (bicyclic) bond motifs is 1. The van der Waals surface area contributed by atoms with E-state index in [4.69, 9.17) is 21.1 Å². The van der Waals surface area contributed by atoms with E-state index >= 15 is 0 Å². The molecule has 3 aromatic carbocycles. The summed E-state index contributed by atoms with van der Waals surface area (Å²) in [6, 6.07) is 15.3. The predicted octanol–water partition coefficient (Wildman–Crippen LogP) is 5.96. The van der Waals surface area contributed by atoms with Gasteiger partial charge in [0, 0.05) is 41.3 Å². The van der Waals surface area contributed by atoms with Crippen LogP contribution in [0.2, 0.25) is 5.02 Å². The highest BCUT2D eigenvalue weighted by atomic mass is 35.5. The van der Waals surface area contributed by atoms with Crippen molar-refractivity contribution < 1.29 is 43.3 Å².